The highest BCUT2D eigenvalue weighted by Crippen LogP contribution is 2.25. The maximum absolute atomic E-state index is 12.3. The molecule has 6 nitrogen and oxygen atoms in total. The summed E-state index contributed by atoms with van der Waals surface area (Å²) in [5, 5.41) is 1.34. The van der Waals surface area contributed by atoms with Crippen LogP contribution in [-0.4, -0.2) is 25.5 Å². The van der Waals surface area contributed by atoms with Crippen LogP contribution in [0.1, 0.15) is 27.9 Å². The van der Waals surface area contributed by atoms with Crippen LogP contribution in [0.25, 0.3) is 11.0 Å². The van der Waals surface area contributed by atoms with Gasteiger partial charge in [-0.15, -0.1) is 0 Å². The molecule has 3 aromatic rings. The SMILES string of the molecule is COc1ccc2c(C)c(CCC(=O)OCC(=O)c3ccc(Cl)cc3Cl)c(=O)oc2c1. The number of carbonyl (C=O) groups excluding carboxylic acids is 2. The highest BCUT2D eigenvalue weighted by Gasteiger charge is 2.16. The number of ketones is 1. The number of halogens is 2. The van der Waals surface area contributed by atoms with Crippen LogP contribution in [0.2, 0.25) is 10.0 Å². The van der Waals surface area contributed by atoms with Crippen LogP contribution in [0.3, 0.4) is 0 Å². The second kappa shape index (κ2) is 9.32. The molecule has 0 aliphatic heterocycles. The van der Waals surface area contributed by atoms with Gasteiger partial charge in [0.2, 0.25) is 5.78 Å². The van der Waals surface area contributed by atoms with Crippen LogP contribution < -0.4 is 10.4 Å². The first-order chi connectivity index (χ1) is 14.3. The van der Waals surface area contributed by atoms with Crippen molar-refractivity contribution in [3.8, 4) is 5.75 Å². The van der Waals surface area contributed by atoms with Gasteiger partial charge in [-0.05, 0) is 49.2 Å². The molecule has 0 bridgehead atoms. The zero-order chi connectivity index (χ0) is 21.8. The highest BCUT2D eigenvalue weighted by molar-refractivity contribution is 6.36. The first kappa shape index (κ1) is 21.9. The van der Waals surface area contributed by atoms with E-state index in [1.165, 1.54) is 25.3 Å². The fourth-order valence-electron chi connectivity index (χ4n) is 3.03. The van der Waals surface area contributed by atoms with Gasteiger partial charge in [-0.1, -0.05) is 23.2 Å². The lowest BCUT2D eigenvalue weighted by molar-refractivity contribution is -0.142. The molecule has 3 rings (SSSR count). The molecule has 1 heterocycles. The summed E-state index contributed by atoms with van der Waals surface area (Å²) >= 11 is 11.8. The Morgan fingerprint density at radius 1 is 1.10 bits per heavy atom. The van der Waals surface area contributed by atoms with Crippen molar-refractivity contribution in [3.05, 3.63) is 73.6 Å². The summed E-state index contributed by atoms with van der Waals surface area (Å²) in [6.45, 7) is 1.34. The Morgan fingerprint density at radius 3 is 2.57 bits per heavy atom. The van der Waals surface area contributed by atoms with Gasteiger partial charge in [0.1, 0.15) is 11.3 Å². The summed E-state index contributed by atoms with van der Waals surface area (Å²) in [4.78, 5) is 36.6. The molecule has 0 atom stereocenters. The standard InChI is InChI=1S/C22H18Cl2O6/c1-12-15-6-4-14(28-2)10-20(15)30-22(27)16(12)7-8-21(26)29-11-19(25)17-5-3-13(23)9-18(17)24/h3-6,9-10H,7-8,11H2,1-2H3. The molecule has 0 N–H and O–H groups in total. The van der Waals surface area contributed by atoms with Gasteiger partial charge in [-0.2, -0.15) is 0 Å². The highest BCUT2D eigenvalue weighted by atomic mass is 35.5. The summed E-state index contributed by atoms with van der Waals surface area (Å²) in [7, 11) is 1.53. The van der Waals surface area contributed by atoms with E-state index in [0.717, 1.165) is 10.9 Å². The summed E-state index contributed by atoms with van der Waals surface area (Å²) in [6.07, 6.45) is 0.0553. The number of methoxy groups -OCH3 is 1. The number of aryl methyl sites for hydroxylation is 1. The number of benzene rings is 2. The van der Waals surface area contributed by atoms with E-state index >= 15 is 0 Å². The van der Waals surface area contributed by atoms with Gasteiger partial charge in [0.25, 0.3) is 0 Å². The Hall–Kier alpha value is -2.83. The van der Waals surface area contributed by atoms with E-state index in [1.807, 2.05) is 0 Å². The van der Waals surface area contributed by atoms with Crippen molar-refractivity contribution < 1.29 is 23.5 Å². The molecule has 0 unspecified atom stereocenters. The van der Waals surface area contributed by atoms with E-state index in [9.17, 15) is 14.4 Å². The zero-order valence-corrected chi connectivity index (χ0v) is 17.8. The van der Waals surface area contributed by atoms with E-state index in [4.69, 9.17) is 37.1 Å². The third kappa shape index (κ3) is 4.83. The maximum atomic E-state index is 12.3. The smallest absolute Gasteiger partial charge is 0.339 e. The summed E-state index contributed by atoms with van der Waals surface area (Å²) in [6, 6.07) is 9.63. The predicted octanol–water partition coefficient (Wildman–Crippen LogP) is 4.78. The lowest BCUT2D eigenvalue weighted by atomic mass is 10.0. The number of ether oxygens (including phenoxy) is 2. The van der Waals surface area contributed by atoms with Gasteiger partial charge in [0.05, 0.1) is 12.1 Å². The largest absolute Gasteiger partial charge is 0.497 e. The van der Waals surface area contributed by atoms with Gasteiger partial charge < -0.3 is 13.9 Å². The molecular weight excluding hydrogens is 431 g/mol. The molecule has 156 valence electrons. The summed E-state index contributed by atoms with van der Waals surface area (Å²) in [5.74, 6) is -0.478. The van der Waals surface area contributed by atoms with Gasteiger partial charge in [-0.25, -0.2) is 4.79 Å². The number of carbonyl (C=O) groups is 2. The van der Waals surface area contributed by atoms with E-state index < -0.39 is 24.0 Å². The number of hydrogen-bond acceptors (Lipinski definition) is 6. The van der Waals surface area contributed by atoms with Gasteiger partial charge >= 0.3 is 11.6 Å². The van der Waals surface area contributed by atoms with E-state index in [0.29, 0.717) is 21.9 Å². The Morgan fingerprint density at radius 2 is 1.87 bits per heavy atom. The molecule has 1 aromatic heterocycles. The van der Waals surface area contributed by atoms with Crippen molar-refractivity contribution in [2.45, 2.75) is 19.8 Å². The van der Waals surface area contributed by atoms with E-state index in [-0.39, 0.29) is 23.4 Å². The van der Waals surface area contributed by atoms with E-state index in [2.05, 4.69) is 0 Å². The molecule has 0 aliphatic carbocycles. The van der Waals surface area contributed by atoms with Crippen molar-refractivity contribution in [2.24, 2.45) is 0 Å². The fourth-order valence-corrected chi connectivity index (χ4v) is 3.54. The number of Topliss-reactive ketones (excluding diaryl/α,β-unsaturated/α-hetero) is 1. The van der Waals surface area contributed by atoms with Crippen LogP contribution in [0, 0.1) is 6.92 Å². The predicted molar refractivity (Wildman–Crippen MR) is 114 cm³/mol. The Bertz CT molecular complexity index is 1180. The molecule has 0 radical (unpaired) electrons. The van der Waals surface area contributed by atoms with Crippen LogP contribution in [0.4, 0.5) is 0 Å². The lowest BCUT2D eigenvalue weighted by Gasteiger charge is -2.09. The quantitative estimate of drug-likeness (QED) is 0.294. The van der Waals surface area contributed by atoms with Crippen LogP contribution in [0.15, 0.2) is 45.6 Å². The molecule has 0 saturated carbocycles. The second-order valence-corrected chi connectivity index (χ2v) is 7.41. The minimum atomic E-state index is -0.609. The van der Waals surface area contributed by atoms with Crippen LogP contribution in [0.5, 0.6) is 5.75 Å². The Labute approximate surface area is 182 Å². The molecule has 30 heavy (non-hydrogen) atoms. The molecule has 0 saturated heterocycles. The molecule has 0 fully saturated rings. The monoisotopic (exact) mass is 448 g/mol. The number of rotatable bonds is 7. The third-order valence-corrected chi connectivity index (χ3v) is 5.22. The first-order valence-corrected chi connectivity index (χ1v) is 9.80. The van der Waals surface area contributed by atoms with E-state index in [1.54, 1.807) is 25.1 Å². The van der Waals surface area contributed by atoms with Crippen molar-refractivity contribution >= 4 is 45.9 Å². The van der Waals surface area contributed by atoms with Crippen LogP contribution in [-0.2, 0) is 16.0 Å². The van der Waals surface area contributed by atoms with Crippen molar-refractivity contribution in [1.82, 2.24) is 0 Å². The molecule has 2 aromatic carbocycles. The van der Waals surface area contributed by atoms with Crippen LogP contribution >= 0.6 is 23.2 Å². The van der Waals surface area contributed by atoms with Gasteiger partial charge in [0, 0.05) is 34.0 Å². The number of fused-ring (bicyclic) bond motifs is 1. The zero-order valence-electron chi connectivity index (χ0n) is 16.3. The van der Waals surface area contributed by atoms with Gasteiger partial charge in [-0.3, -0.25) is 9.59 Å². The number of hydrogen-bond donors (Lipinski definition) is 0. The summed E-state index contributed by atoms with van der Waals surface area (Å²) < 4.78 is 15.5. The fraction of sp³-hybridized carbons (Fsp3) is 0.227. The molecule has 8 heteroatoms. The van der Waals surface area contributed by atoms with Crippen molar-refractivity contribution in [3.63, 3.8) is 0 Å². The third-order valence-electron chi connectivity index (χ3n) is 4.67. The normalized spacial score (nSPS) is 10.8. The molecular formula is C22H18Cl2O6. The Kier molecular flexibility index (Phi) is 6.80. The minimum absolute atomic E-state index is 0.0745. The topological polar surface area (TPSA) is 82.8 Å². The molecule has 0 aliphatic rings. The van der Waals surface area contributed by atoms with Gasteiger partial charge in [0.15, 0.2) is 6.61 Å². The first-order valence-electron chi connectivity index (χ1n) is 9.04. The van der Waals surface area contributed by atoms with Crippen molar-refractivity contribution in [1.29, 1.82) is 0 Å². The second-order valence-electron chi connectivity index (χ2n) is 6.56. The average Bonchev–Trinajstić information content (AvgIpc) is 2.71. The summed E-state index contributed by atoms with van der Waals surface area (Å²) in [5.41, 5.74) is 1.21. The number of esters is 1. The molecule has 0 spiro atoms. The maximum Gasteiger partial charge on any atom is 0.339 e. The van der Waals surface area contributed by atoms with Crippen molar-refractivity contribution in [2.75, 3.05) is 13.7 Å². The molecule has 0 amide bonds. The minimum Gasteiger partial charge on any atom is -0.497 e. The lowest BCUT2D eigenvalue weighted by Crippen LogP contribution is -2.17. The Balaban J connectivity index is 1.65. The average molecular weight is 449 g/mol.